The Morgan fingerprint density at radius 1 is 1.43 bits per heavy atom. The SMILES string of the molecule is CC(C)COCCCNS(=O)(=O)c1cccc(C(N)=S)c1. The minimum Gasteiger partial charge on any atom is -0.389 e. The third-order valence-corrected chi connectivity index (χ3v) is 4.33. The molecule has 0 saturated heterocycles. The average Bonchev–Trinajstić information content (AvgIpc) is 2.42. The molecule has 0 bridgehead atoms. The van der Waals surface area contributed by atoms with E-state index in [4.69, 9.17) is 22.7 Å². The molecule has 118 valence electrons. The van der Waals surface area contributed by atoms with Gasteiger partial charge in [0.15, 0.2) is 0 Å². The Morgan fingerprint density at radius 2 is 2.14 bits per heavy atom. The van der Waals surface area contributed by atoms with Crippen LogP contribution in [0, 0.1) is 5.92 Å². The van der Waals surface area contributed by atoms with Crippen molar-refractivity contribution >= 4 is 27.2 Å². The van der Waals surface area contributed by atoms with Crippen molar-refractivity contribution in [2.24, 2.45) is 11.7 Å². The van der Waals surface area contributed by atoms with Crippen LogP contribution < -0.4 is 10.5 Å². The first-order valence-electron chi connectivity index (χ1n) is 6.80. The summed E-state index contributed by atoms with van der Waals surface area (Å²) >= 11 is 4.85. The highest BCUT2D eigenvalue weighted by molar-refractivity contribution is 7.89. The van der Waals surface area contributed by atoms with Crippen LogP contribution in [0.2, 0.25) is 0 Å². The van der Waals surface area contributed by atoms with E-state index < -0.39 is 10.0 Å². The van der Waals surface area contributed by atoms with Crippen LogP contribution in [0.4, 0.5) is 0 Å². The van der Waals surface area contributed by atoms with E-state index in [2.05, 4.69) is 18.6 Å². The van der Waals surface area contributed by atoms with E-state index in [9.17, 15) is 8.42 Å². The largest absolute Gasteiger partial charge is 0.389 e. The third-order valence-electron chi connectivity index (χ3n) is 2.64. The summed E-state index contributed by atoms with van der Waals surface area (Å²) in [6.45, 7) is 5.68. The fraction of sp³-hybridized carbons (Fsp3) is 0.500. The summed E-state index contributed by atoms with van der Waals surface area (Å²) in [6.07, 6.45) is 0.626. The summed E-state index contributed by atoms with van der Waals surface area (Å²) in [6, 6.07) is 6.29. The molecule has 0 radical (unpaired) electrons. The summed E-state index contributed by atoms with van der Waals surface area (Å²) in [7, 11) is -3.54. The van der Waals surface area contributed by atoms with Gasteiger partial charge in [-0.05, 0) is 24.5 Å². The fourth-order valence-electron chi connectivity index (χ4n) is 1.60. The molecule has 0 saturated carbocycles. The first-order valence-corrected chi connectivity index (χ1v) is 8.69. The maximum absolute atomic E-state index is 12.1. The molecule has 7 heteroatoms. The molecule has 5 nitrogen and oxygen atoms in total. The smallest absolute Gasteiger partial charge is 0.240 e. The Kier molecular flexibility index (Phi) is 7.24. The fourth-order valence-corrected chi connectivity index (χ4v) is 2.85. The molecule has 0 amide bonds. The number of rotatable bonds is 9. The van der Waals surface area contributed by atoms with Crippen molar-refractivity contribution in [3.8, 4) is 0 Å². The Hall–Kier alpha value is -1.02. The number of thiocarbonyl (C=S) groups is 1. The highest BCUT2D eigenvalue weighted by atomic mass is 32.2. The number of nitrogens with two attached hydrogens (primary N) is 1. The monoisotopic (exact) mass is 330 g/mol. The zero-order valence-corrected chi connectivity index (χ0v) is 14.0. The van der Waals surface area contributed by atoms with Crippen LogP contribution >= 0.6 is 12.2 Å². The van der Waals surface area contributed by atoms with Gasteiger partial charge in [-0.15, -0.1) is 0 Å². The van der Waals surface area contributed by atoms with Gasteiger partial charge in [-0.3, -0.25) is 0 Å². The van der Waals surface area contributed by atoms with Gasteiger partial charge < -0.3 is 10.5 Å². The molecule has 1 aromatic rings. The van der Waals surface area contributed by atoms with E-state index in [-0.39, 0.29) is 9.88 Å². The summed E-state index contributed by atoms with van der Waals surface area (Å²) < 4.78 is 32.2. The summed E-state index contributed by atoms with van der Waals surface area (Å²) in [5.41, 5.74) is 6.04. The second-order valence-electron chi connectivity index (χ2n) is 5.11. The number of hydrogen-bond donors (Lipinski definition) is 2. The molecular formula is C14H22N2O3S2. The van der Waals surface area contributed by atoms with Crippen LogP contribution in [-0.4, -0.2) is 33.2 Å². The minimum absolute atomic E-state index is 0.163. The van der Waals surface area contributed by atoms with Crippen LogP contribution in [0.5, 0.6) is 0 Å². The first kappa shape index (κ1) is 18.0. The predicted octanol–water partition coefficient (Wildman–Crippen LogP) is 1.66. The van der Waals surface area contributed by atoms with Gasteiger partial charge in [0.2, 0.25) is 10.0 Å². The van der Waals surface area contributed by atoms with Gasteiger partial charge in [0.1, 0.15) is 4.99 Å². The standard InChI is InChI=1S/C14H22N2O3S2/c1-11(2)10-19-8-4-7-16-21(17,18)13-6-3-5-12(9-13)14(15)20/h3,5-6,9,11,16H,4,7-8,10H2,1-2H3,(H2,15,20). The van der Waals surface area contributed by atoms with Crippen LogP contribution in [0.15, 0.2) is 29.2 Å². The van der Waals surface area contributed by atoms with Crippen molar-refractivity contribution in [3.05, 3.63) is 29.8 Å². The molecule has 21 heavy (non-hydrogen) atoms. The predicted molar refractivity (Wildman–Crippen MR) is 87.8 cm³/mol. The van der Waals surface area contributed by atoms with Gasteiger partial charge in [0.25, 0.3) is 0 Å². The molecule has 0 aromatic heterocycles. The minimum atomic E-state index is -3.54. The van der Waals surface area contributed by atoms with Gasteiger partial charge in [-0.1, -0.05) is 38.2 Å². The summed E-state index contributed by atoms with van der Waals surface area (Å²) in [5.74, 6) is 0.476. The lowest BCUT2D eigenvalue weighted by molar-refractivity contribution is 0.108. The molecule has 0 aliphatic rings. The third kappa shape index (κ3) is 6.52. The van der Waals surface area contributed by atoms with Gasteiger partial charge in [0, 0.05) is 25.3 Å². The Labute approximate surface area is 131 Å². The molecule has 0 fully saturated rings. The maximum atomic E-state index is 12.1. The number of nitrogens with one attached hydrogen (secondary N) is 1. The van der Waals surface area contributed by atoms with E-state index in [1.165, 1.54) is 12.1 Å². The molecule has 0 heterocycles. The molecule has 0 atom stereocenters. The van der Waals surface area contributed by atoms with E-state index in [1.54, 1.807) is 12.1 Å². The number of hydrogen-bond acceptors (Lipinski definition) is 4. The molecule has 0 spiro atoms. The van der Waals surface area contributed by atoms with E-state index in [0.717, 1.165) is 0 Å². The second kappa shape index (κ2) is 8.43. The molecule has 1 aromatic carbocycles. The van der Waals surface area contributed by atoms with Gasteiger partial charge >= 0.3 is 0 Å². The molecule has 0 aliphatic heterocycles. The van der Waals surface area contributed by atoms with Crippen molar-refractivity contribution in [1.82, 2.24) is 4.72 Å². The number of ether oxygens (including phenoxy) is 1. The van der Waals surface area contributed by atoms with Crippen LogP contribution in [0.1, 0.15) is 25.8 Å². The highest BCUT2D eigenvalue weighted by Crippen LogP contribution is 2.11. The topological polar surface area (TPSA) is 81.4 Å². The van der Waals surface area contributed by atoms with Crippen molar-refractivity contribution in [3.63, 3.8) is 0 Å². The molecule has 1 rings (SSSR count). The van der Waals surface area contributed by atoms with Crippen molar-refractivity contribution in [2.45, 2.75) is 25.2 Å². The molecular weight excluding hydrogens is 308 g/mol. The van der Waals surface area contributed by atoms with Crippen molar-refractivity contribution < 1.29 is 13.2 Å². The normalized spacial score (nSPS) is 11.8. The van der Waals surface area contributed by atoms with Crippen molar-refractivity contribution in [1.29, 1.82) is 0 Å². The Bertz CT molecular complexity index is 571. The molecule has 0 unspecified atom stereocenters. The Balaban J connectivity index is 2.50. The van der Waals surface area contributed by atoms with Crippen LogP contribution in [0.25, 0.3) is 0 Å². The second-order valence-corrected chi connectivity index (χ2v) is 7.32. The lowest BCUT2D eigenvalue weighted by Gasteiger charge is -2.09. The first-order chi connectivity index (χ1) is 9.83. The molecule has 3 N–H and O–H groups in total. The summed E-state index contributed by atoms with van der Waals surface area (Å²) in [4.78, 5) is 0.338. The van der Waals surface area contributed by atoms with Crippen molar-refractivity contribution in [2.75, 3.05) is 19.8 Å². The zero-order chi connectivity index (χ0) is 15.9. The van der Waals surface area contributed by atoms with Gasteiger partial charge in [0.05, 0.1) is 4.90 Å². The van der Waals surface area contributed by atoms with Gasteiger partial charge in [-0.25, -0.2) is 13.1 Å². The van der Waals surface area contributed by atoms with Crippen LogP contribution in [-0.2, 0) is 14.8 Å². The maximum Gasteiger partial charge on any atom is 0.240 e. The lowest BCUT2D eigenvalue weighted by Crippen LogP contribution is -2.26. The lowest BCUT2D eigenvalue weighted by atomic mass is 10.2. The average molecular weight is 330 g/mol. The summed E-state index contributed by atoms with van der Waals surface area (Å²) in [5, 5.41) is 0. The van der Waals surface area contributed by atoms with E-state index >= 15 is 0 Å². The van der Waals surface area contributed by atoms with E-state index in [0.29, 0.717) is 37.7 Å². The highest BCUT2D eigenvalue weighted by Gasteiger charge is 2.14. The number of sulfonamides is 1. The van der Waals surface area contributed by atoms with Crippen LogP contribution in [0.3, 0.4) is 0 Å². The van der Waals surface area contributed by atoms with E-state index in [1.807, 2.05) is 0 Å². The number of benzene rings is 1. The Morgan fingerprint density at radius 3 is 2.76 bits per heavy atom. The zero-order valence-electron chi connectivity index (χ0n) is 12.3. The quantitative estimate of drug-likeness (QED) is 0.532. The van der Waals surface area contributed by atoms with Gasteiger partial charge in [-0.2, -0.15) is 0 Å². The molecule has 0 aliphatic carbocycles.